The van der Waals surface area contributed by atoms with Crippen LogP contribution in [0.5, 0.6) is 0 Å². The highest BCUT2D eigenvalue weighted by atomic mass is 32.2. The third-order valence-corrected chi connectivity index (χ3v) is 2.65. The maximum Gasteiger partial charge on any atom is 0.127 e. The molecule has 0 aliphatic heterocycles. The zero-order valence-corrected chi connectivity index (χ0v) is 8.10. The summed E-state index contributed by atoms with van der Waals surface area (Å²) in [7, 11) is 0. The maximum atomic E-state index is 10.6. The van der Waals surface area contributed by atoms with Gasteiger partial charge in [-0.05, 0) is 17.9 Å². The van der Waals surface area contributed by atoms with Gasteiger partial charge in [-0.3, -0.25) is 0 Å². The van der Waals surface area contributed by atoms with Crippen LogP contribution in [0.1, 0.15) is 18.4 Å². The van der Waals surface area contributed by atoms with E-state index < -0.39 is 0 Å². The van der Waals surface area contributed by atoms with Crippen molar-refractivity contribution in [1.82, 2.24) is 0 Å². The summed E-state index contributed by atoms with van der Waals surface area (Å²) < 4.78 is 0. The van der Waals surface area contributed by atoms with Gasteiger partial charge in [-0.2, -0.15) is 0 Å². The lowest BCUT2D eigenvalue weighted by molar-refractivity contribution is -0.108. The maximum absolute atomic E-state index is 10.6. The molecule has 1 aromatic rings. The van der Waals surface area contributed by atoms with E-state index in [1.807, 2.05) is 37.4 Å². The van der Waals surface area contributed by atoms with E-state index in [0.29, 0.717) is 0 Å². The van der Waals surface area contributed by atoms with Crippen LogP contribution in [0.2, 0.25) is 0 Å². The van der Waals surface area contributed by atoms with Gasteiger partial charge in [0.05, 0.1) is 0 Å². The molecule has 1 aromatic carbocycles. The van der Waals surface area contributed by atoms with Crippen molar-refractivity contribution in [2.24, 2.45) is 0 Å². The van der Waals surface area contributed by atoms with E-state index in [4.69, 9.17) is 0 Å². The Hall–Kier alpha value is -0.760. The molecule has 0 aliphatic rings. The van der Waals surface area contributed by atoms with Crippen LogP contribution >= 0.6 is 11.8 Å². The molecule has 1 unspecified atom stereocenters. The molecule has 12 heavy (non-hydrogen) atoms. The minimum Gasteiger partial charge on any atom is -0.303 e. The summed E-state index contributed by atoms with van der Waals surface area (Å²) >= 11 is 1.68. The van der Waals surface area contributed by atoms with E-state index in [2.05, 4.69) is 0 Å². The fraction of sp³-hybridized carbons (Fsp3) is 0.300. The van der Waals surface area contributed by atoms with Gasteiger partial charge >= 0.3 is 0 Å². The number of thioether (sulfide) groups is 1. The molecule has 0 spiro atoms. The quantitative estimate of drug-likeness (QED) is 0.525. The summed E-state index contributed by atoms with van der Waals surface area (Å²) in [6.07, 6.45) is 3.01. The summed E-state index contributed by atoms with van der Waals surface area (Å²) in [5, 5.41) is 0. The van der Waals surface area contributed by atoms with Crippen molar-refractivity contribution in [1.29, 1.82) is 0 Å². The first-order valence-electron chi connectivity index (χ1n) is 3.87. The Kier molecular flexibility index (Phi) is 3.35. The average Bonchev–Trinajstić information content (AvgIpc) is 2.16. The summed E-state index contributed by atoms with van der Waals surface area (Å²) in [4.78, 5) is 11.8. The number of benzene rings is 1. The van der Waals surface area contributed by atoms with Crippen molar-refractivity contribution >= 4 is 18.0 Å². The molecule has 1 nitrogen and oxygen atoms in total. The second kappa shape index (κ2) is 4.31. The predicted molar refractivity (Wildman–Crippen MR) is 52.7 cm³/mol. The van der Waals surface area contributed by atoms with E-state index in [0.717, 1.165) is 11.8 Å². The number of hydrogen-bond donors (Lipinski definition) is 0. The Labute approximate surface area is 77.2 Å². The van der Waals surface area contributed by atoms with Crippen LogP contribution in [0, 0.1) is 0 Å². The van der Waals surface area contributed by atoms with Gasteiger partial charge < -0.3 is 4.79 Å². The van der Waals surface area contributed by atoms with E-state index in [1.54, 1.807) is 11.8 Å². The Balaban J connectivity index is 3.04. The van der Waals surface area contributed by atoms with E-state index in [1.165, 1.54) is 4.90 Å². The average molecular weight is 180 g/mol. The Morgan fingerprint density at radius 3 is 2.67 bits per heavy atom. The molecule has 1 rings (SSSR count). The fourth-order valence-electron chi connectivity index (χ4n) is 1.12. The number of aldehydes is 1. The number of hydrogen-bond acceptors (Lipinski definition) is 2. The highest BCUT2D eigenvalue weighted by molar-refractivity contribution is 7.98. The van der Waals surface area contributed by atoms with Gasteiger partial charge in [0.25, 0.3) is 0 Å². The molecule has 0 amide bonds. The van der Waals surface area contributed by atoms with Gasteiger partial charge in [0, 0.05) is 10.8 Å². The number of carbonyl (C=O) groups excluding carboxylic acids is 1. The van der Waals surface area contributed by atoms with Crippen molar-refractivity contribution in [3.05, 3.63) is 29.8 Å². The topological polar surface area (TPSA) is 17.1 Å². The lowest BCUT2D eigenvalue weighted by Crippen LogP contribution is -1.95. The fourth-order valence-corrected chi connectivity index (χ4v) is 1.82. The monoisotopic (exact) mass is 180 g/mol. The number of rotatable bonds is 3. The highest BCUT2D eigenvalue weighted by Crippen LogP contribution is 2.25. The summed E-state index contributed by atoms with van der Waals surface area (Å²) in [6, 6.07) is 8.01. The smallest absolute Gasteiger partial charge is 0.127 e. The molecule has 0 saturated carbocycles. The highest BCUT2D eigenvalue weighted by Gasteiger charge is 2.07. The molecule has 0 bridgehead atoms. The molecular formula is C10H12OS. The van der Waals surface area contributed by atoms with E-state index in [9.17, 15) is 4.79 Å². The van der Waals surface area contributed by atoms with Gasteiger partial charge in [0.1, 0.15) is 6.29 Å². The molecule has 0 saturated heterocycles. The molecule has 1 atom stereocenters. The third kappa shape index (κ3) is 1.89. The van der Waals surface area contributed by atoms with Crippen molar-refractivity contribution in [2.45, 2.75) is 17.7 Å². The van der Waals surface area contributed by atoms with E-state index in [-0.39, 0.29) is 5.92 Å². The molecule has 0 radical (unpaired) electrons. The van der Waals surface area contributed by atoms with Crippen LogP contribution in [-0.4, -0.2) is 12.5 Å². The second-order valence-corrected chi connectivity index (χ2v) is 3.51. The zero-order chi connectivity index (χ0) is 8.97. The first-order valence-corrected chi connectivity index (χ1v) is 5.10. The minimum absolute atomic E-state index is 0.00801. The molecule has 0 aliphatic carbocycles. The molecule has 64 valence electrons. The zero-order valence-electron chi connectivity index (χ0n) is 7.28. The minimum atomic E-state index is 0.00801. The summed E-state index contributed by atoms with van der Waals surface area (Å²) in [5.74, 6) is 0.00801. The molecular weight excluding hydrogens is 168 g/mol. The van der Waals surface area contributed by atoms with Crippen molar-refractivity contribution < 1.29 is 4.79 Å². The van der Waals surface area contributed by atoms with Crippen LogP contribution in [0.4, 0.5) is 0 Å². The van der Waals surface area contributed by atoms with Gasteiger partial charge in [0.2, 0.25) is 0 Å². The van der Waals surface area contributed by atoms with Crippen LogP contribution < -0.4 is 0 Å². The summed E-state index contributed by atoms with van der Waals surface area (Å²) in [6.45, 7) is 1.92. The molecule has 2 heteroatoms. The van der Waals surface area contributed by atoms with Crippen LogP contribution in [0.3, 0.4) is 0 Å². The van der Waals surface area contributed by atoms with Gasteiger partial charge in [0.15, 0.2) is 0 Å². The molecule has 0 fully saturated rings. The van der Waals surface area contributed by atoms with Crippen LogP contribution in [-0.2, 0) is 4.79 Å². The Bertz CT molecular complexity index is 270. The largest absolute Gasteiger partial charge is 0.303 e. The number of carbonyl (C=O) groups is 1. The first-order chi connectivity index (χ1) is 5.79. The van der Waals surface area contributed by atoms with Gasteiger partial charge in [-0.1, -0.05) is 25.1 Å². The second-order valence-electron chi connectivity index (χ2n) is 2.67. The van der Waals surface area contributed by atoms with Gasteiger partial charge in [-0.15, -0.1) is 11.8 Å². The van der Waals surface area contributed by atoms with Crippen LogP contribution in [0.25, 0.3) is 0 Å². The lowest BCUT2D eigenvalue weighted by Gasteiger charge is -2.08. The first kappa shape index (κ1) is 9.33. The predicted octanol–water partition coefficient (Wildman–Crippen LogP) is 2.71. The Morgan fingerprint density at radius 2 is 2.08 bits per heavy atom. The van der Waals surface area contributed by atoms with Crippen LogP contribution in [0.15, 0.2) is 29.2 Å². The van der Waals surface area contributed by atoms with Crippen molar-refractivity contribution in [2.75, 3.05) is 6.26 Å². The van der Waals surface area contributed by atoms with Gasteiger partial charge in [-0.25, -0.2) is 0 Å². The Morgan fingerprint density at radius 1 is 1.42 bits per heavy atom. The molecule has 0 aromatic heterocycles. The SMILES string of the molecule is CSc1ccccc1C(C)C=O. The van der Waals surface area contributed by atoms with E-state index >= 15 is 0 Å². The third-order valence-electron chi connectivity index (χ3n) is 1.83. The molecule has 0 heterocycles. The summed E-state index contributed by atoms with van der Waals surface area (Å²) in [5.41, 5.74) is 1.13. The molecule has 0 N–H and O–H groups in total. The van der Waals surface area contributed by atoms with Crippen molar-refractivity contribution in [3.8, 4) is 0 Å². The normalized spacial score (nSPS) is 12.5. The lowest BCUT2D eigenvalue weighted by atomic mass is 10.0. The van der Waals surface area contributed by atoms with Crippen molar-refractivity contribution in [3.63, 3.8) is 0 Å². The standard InChI is InChI=1S/C10H12OS/c1-8(7-11)9-5-3-4-6-10(9)12-2/h3-8H,1-2H3.